The minimum atomic E-state index is -0.235. The molecule has 1 aliphatic heterocycles. The summed E-state index contributed by atoms with van der Waals surface area (Å²) in [7, 11) is 4.87. The molecule has 8 heteroatoms. The van der Waals surface area contributed by atoms with Crippen LogP contribution in [0.3, 0.4) is 0 Å². The molecule has 0 aliphatic carbocycles. The van der Waals surface area contributed by atoms with Crippen LogP contribution in [-0.2, 0) is 0 Å². The molecule has 2 N–H and O–H groups in total. The van der Waals surface area contributed by atoms with Crippen molar-refractivity contribution < 1.29 is 19.3 Å². The second-order valence-corrected chi connectivity index (χ2v) is 8.92. The lowest BCUT2D eigenvalue weighted by Gasteiger charge is -2.26. The molecule has 0 bridgehead atoms. The molecule has 0 amide bonds. The molecule has 0 spiro atoms. The van der Waals surface area contributed by atoms with Gasteiger partial charge in [0, 0.05) is 23.6 Å². The van der Waals surface area contributed by atoms with Crippen LogP contribution in [0.4, 0.5) is 5.69 Å². The highest BCUT2D eigenvalue weighted by atomic mass is 32.1. The fraction of sp³-hybridized carbons (Fsp3) is 0.172. The molecular weight excluding hydrogens is 486 g/mol. The van der Waals surface area contributed by atoms with Gasteiger partial charge in [-0.2, -0.15) is 5.10 Å². The Morgan fingerprint density at radius 3 is 2.41 bits per heavy atom. The van der Waals surface area contributed by atoms with Gasteiger partial charge in [-0.15, -0.1) is 0 Å². The number of ether oxygens (including phenoxy) is 3. The molecule has 0 fully saturated rings. The number of rotatable bonds is 6. The van der Waals surface area contributed by atoms with Crippen molar-refractivity contribution in [1.29, 1.82) is 0 Å². The zero-order valence-electron chi connectivity index (χ0n) is 20.8. The van der Waals surface area contributed by atoms with Crippen molar-refractivity contribution in [3.63, 3.8) is 0 Å². The second-order valence-electron chi connectivity index (χ2n) is 8.53. The number of nitrogens with one attached hydrogen (secondary N) is 1. The summed E-state index contributed by atoms with van der Waals surface area (Å²) in [5, 5.41) is 23.2. The molecule has 5 rings (SSSR count). The first kappa shape index (κ1) is 24.4. The lowest BCUT2D eigenvalue weighted by Crippen LogP contribution is -2.31. The number of hydrogen-bond donors (Lipinski definition) is 2. The lowest BCUT2D eigenvalue weighted by atomic mass is 9.93. The second kappa shape index (κ2) is 10.4. The summed E-state index contributed by atoms with van der Waals surface area (Å²) in [6.45, 7) is 0. The summed E-state index contributed by atoms with van der Waals surface area (Å²) in [4.78, 5) is 0. The maximum Gasteiger partial charge on any atom is 0.194 e. The van der Waals surface area contributed by atoms with Crippen LogP contribution in [0.5, 0.6) is 23.0 Å². The Morgan fingerprint density at radius 2 is 1.65 bits per heavy atom. The summed E-state index contributed by atoms with van der Waals surface area (Å²) in [6.07, 6.45) is 0.504. The largest absolute Gasteiger partial charge is 0.507 e. The molecule has 0 saturated heterocycles. The lowest BCUT2D eigenvalue weighted by molar-refractivity contribution is 0.377. The Balaban J connectivity index is 1.60. The van der Waals surface area contributed by atoms with Gasteiger partial charge in [-0.05, 0) is 53.5 Å². The average Bonchev–Trinajstić information content (AvgIpc) is 3.37. The molecule has 1 unspecified atom stereocenters. The van der Waals surface area contributed by atoms with Crippen molar-refractivity contribution in [2.24, 2.45) is 5.10 Å². The number of anilines is 1. The number of methoxy groups -OCH3 is 3. The molecule has 37 heavy (non-hydrogen) atoms. The maximum absolute atomic E-state index is 10.7. The van der Waals surface area contributed by atoms with E-state index >= 15 is 0 Å². The Kier molecular flexibility index (Phi) is 6.83. The molecular formula is C29H27N3O4S. The van der Waals surface area contributed by atoms with E-state index in [2.05, 4.69) is 11.4 Å². The highest BCUT2D eigenvalue weighted by Gasteiger charge is 2.35. The van der Waals surface area contributed by atoms with Gasteiger partial charge < -0.3 is 24.6 Å². The maximum atomic E-state index is 10.7. The van der Waals surface area contributed by atoms with Gasteiger partial charge in [0.25, 0.3) is 0 Å². The predicted octanol–water partition coefficient (Wildman–Crippen LogP) is 6.12. The van der Waals surface area contributed by atoms with Gasteiger partial charge in [-0.3, -0.25) is 0 Å². The Labute approximate surface area is 220 Å². The number of nitrogens with zero attached hydrogens (tertiary/aromatic N) is 2. The van der Waals surface area contributed by atoms with Gasteiger partial charge in [0.15, 0.2) is 5.11 Å². The fourth-order valence-electron chi connectivity index (χ4n) is 4.72. The summed E-state index contributed by atoms with van der Waals surface area (Å²) in [6, 6.07) is 24.6. The minimum Gasteiger partial charge on any atom is -0.507 e. The molecule has 0 aromatic heterocycles. The van der Waals surface area contributed by atoms with Crippen molar-refractivity contribution in [2.75, 3.05) is 26.6 Å². The van der Waals surface area contributed by atoms with E-state index in [4.69, 9.17) is 31.5 Å². The van der Waals surface area contributed by atoms with Crippen LogP contribution in [0.25, 0.3) is 10.8 Å². The van der Waals surface area contributed by atoms with Crippen LogP contribution in [0, 0.1) is 0 Å². The number of aromatic hydroxyl groups is 1. The van der Waals surface area contributed by atoms with Crippen molar-refractivity contribution in [2.45, 2.75) is 12.5 Å². The quantitative estimate of drug-likeness (QED) is 0.301. The van der Waals surface area contributed by atoms with Crippen molar-refractivity contribution in [1.82, 2.24) is 5.01 Å². The Hall–Kier alpha value is -4.30. The number of thiocarbonyl (C=S) groups is 1. The number of hydrazone groups is 1. The van der Waals surface area contributed by atoms with E-state index in [1.54, 1.807) is 38.5 Å². The van der Waals surface area contributed by atoms with Crippen molar-refractivity contribution in [3.8, 4) is 23.0 Å². The van der Waals surface area contributed by atoms with Gasteiger partial charge in [0.05, 0.1) is 38.6 Å². The smallest absolute Gasteiger partial charge is 0.194 e. The summed E-state index contributed by atoms with van der Waals surface area (Å²) in [5.74, 6) is 2.16. The van der Waals surface area contributed by atoms with Gasteiger partial charge in [-0.1, -0.05) is 42.5 Å². The number of fused-ring (bicyclic) bond motifs is 1. The molecule has 0 radical (unpaired) electrons. The third-order valence-electron chi connectivity index (χ3n) is 6.45. The van der Waals surface area contributed by atoms with E-state index in [1.807, 2.05) is 60.7 Å². The highest BCUT2D eigenvalue weighted by molar-refractivity contribution is 7.80. The van der Waals surface area contributed by atoms with Gasteiger partial charge in [0.2, 0.25) is 0 Å². The molecule has 1 heterocycles. The number of phenolic OH excluding ortho intramolecular Hbond substituents is 1. The zero-order chi connectivity index (χ0) is 25.9. The first-order chi connectivity index (χ1) is 18.0. The molecule has 4 aromatic carbocycles. The van der Waals surface area contributed by atoms with E-state index in [-0.39, 0.29) is 11.8 Å². The number of benzene rings is 4. The standard InChI is InChI=1S/C29H27N3O4S/c1-34-19-9-6-8-18(16-19)30-29(37)32-24(17-23(31-32)28-25(33)12-7-13-27(28)36-3)21-14-15-26(35-2)22-11-5-4-10-20(21)22/h4-16,24,33H,17H2,1-3H3,(H,30,37). The van der Waals surface area contributed by atoms with Crippen LogP contribution in [0.1, 0.15) is 23.6 Å². The average molecular weight is 514 g/mol. The van der Waals surface area contributed by atoms with Crippen LogP contribution >= 0.6 is 12.2 Å². The summed E-state index contributed by atoms with van der Waals surface area (Å²) < 4.78 is 16.5. The Bertz CT molecular complexity index is 1500. The molecule has 4 aromatic rings. The fourth-order valence-corrected chi connectivity index (χ4v) is 5.00. The van der Waals surface area contributed by atoms with E-state index < -0.39 is 0 Å². The van der Waals surface area contributed by atoms with E-state index in [0.717, 1.165) is 33.5 Å². The summed E-state index contributed by atoms with van der Waals surface area (Å²) in [5.41, 5.74) is 3.06. The van der Waals surface area contributed by atoms with Gasteiger partial charge in [0.1, 0.15) is 23.0 Å². The van der Waals surface area contributed by atoms with E-state index in [1.165, 1.54) is 0 Å². The van der Waals surface area contributed by atoms with E-state index in [0.29, 0.717) is 28.6 Å². The first-order valence-corrected chi connectivity index (χ1v) is 12.2. The zero-order valence-corrected chi connectivity index (χ0v) is 21.6. The molecule has 1 aliphatic rings. The number of phenols is 1. The van der Waals surface area contributed by atoms with Crippen molar-refractivity contribution in [3.05, 3.63) is 90.0 Å². The molecule has 188 valence electrons. The predicted molar refractivity (Wildman–Crippen MR) is 150 cm³/mol. The molecule has 7 nitrogen and oxygen atoms in total. The third-order valence-corrected chi connectivity index (χ3v) is 6.74. The minimum absolute atomic E-state index is 0.102. The van der Waals surface area contributed by atoms with Gasteiger partial charge >= 0.3 is 0 Å². The van der Waals surface area contributed by atoms with Crippen LogP contribution in [0.2, 0.25) is 0 Å². The normalized spacial score (nSPS) is 14.8. The molecule has 0 saturated carbocycles. The van der Waals surface area contributed by atoms with E-state index in [9.17, 15) is 5.11 Å². The summed E-state index contributed by atoms with van der Waals surface area (Å²) >= 11 is 5.87. The van der Waals surface area contributed by atoms with Crippen LogP contribution in [-0.4, -0.2) is 42.3 Å². The Morgan fingerprint density at radius 1 is 0.892 bits per heavy atom. The highest BCUT2D eigenvalue weighted by Crippen LogP contribution is 2.42. The number of hydrogen-bond acceptors (Lipinski definition) is 6. The van der Waals surface area contributed by atoms with Crippen molar-refractivity contribution >= 4 is 39.5 Å². The third kappa shape index (κ3) is 4.63. The molecule has 1 atom stereocenters. The van der Waals surface area contributed by atoms with Crippen LogP contribution < -0.4 is 19.5 Å². The van der Waals surface area contributed by atoms with Gasteiger partial charge in [-0.25, -0.2) is 5.01 Å². The first-order valence-electron chi connectivity index (χ1n) is 11.8. The topological polar surface area (TPSA) is 75.6 Å². The van der Waals surface area contributed by atoms with Crippen LogP contribution in [0.15, 0.2) is 84.0 Å². The monoisotopic (exact) mass is 513 g/mol. The SMILES string of the molecule is COc1cccc(NC(=S)N2N=C(c3c(O)cccc3OC)CC2c2ccc(OC)c3ccccc23)c1.